The minimum Gasteiger partial charge on any atom is -0.466 e. The molecule has 0 amide bonds. The minimum absolute atomic E-state index is 0.168. The largest absolute Gasteiger partial charge is 0.466 e. The van der Waals surface area contributed by atoms with Crippen LogP contribution in [0.2, 0.25) is 0 Å². The van der Waals surface area contributed by atoms with Gasteiger partial charge in [-0.1, -0.05) is 31.4 Å². The van der Waals surface area contributed by atoms with Gasteiger partial charge in [-0.2, -0.15) is 0 Å². The lowest BCUT2D eigenvalue weighted by Crippen LogP contribution is -1.99. The summed E-state index contributed by atoms with van der Waals surface area (Å²) in [5, 5.41) is 0. The van der Waals surface area contributed by atoms with Crippen LogP contribution in [0.5, 0.6) is 0 Å². The number of carbonyl (C=O) groups excluding carboxylic acids is 1. The zero-order chi connectivity index (χ0) is 10.6. The number of hydrogen-bond acceptors (Lipinski definition) is 2. The van der Waals surface area contributed by atoms with E-state index in [4.69, 9.17) is 4.74 Å². The molecule has 0 bridgehead atoms. The van der Waals surface area contributed by atoms with E-state index >= 15 is 0 Å². The first-order valence-electron chi connectivity index (χ1n) is 5.52. The van der Waals surface area contributed by atoms with Crippen molar-refractivity contribution in [1.29, 1.82) is 0 Å². The lowest BCUT2D eigenvalue weighted by atomic mass is 10.1. The van der Waals surface area contributed by atoms with Gasteiger partial charge in [0.25, 0.3) is 0 Å². The van der Waals surface area contributed by atoms with Gasteiger partial charge < -0.3 is 4.74 Å². The zero-order valence-electron chi connectivity index (χ0n) is 9.42. The third kappa shape index (κ3) is 11.2. The Bertz CT molecular complexity index is 162. The predicted molar refractivity (Wildman–Crippen MR) is 59.1 cm³/mol. The van der Waals surface area contributed by atoms with E-state index in [0.29, 0.717) is 6.61 Å². The summed E-state index contributed by atoms with van der Waals surface area (Å²) in [6.07, 6.45) is 11.5. The molecule has 0 aliphatic rings. The van der Waals surface area contributed by atoms with Crippen molar-refractivity contribution in [2.45, 2.75) is 52.4 Å². The number of unbranched alkanes of at least 4 members (excludes halogenated alkanes) is 5. The summed E-state index contributed by atoms with van der Waals surface area (Å²) in [6.45, 7) is 4.10. The van der Waals surface area contributed by atoms with Crippen LogP contribution < -0.4 is 0 Å². The summed E-state index contributed by atoms with van der Waals surface area (Å²) >= 11 is 0. The Hall–Kier alpha value is -0.790. The van der Waals surface area contributed by atoms with Crippen LogP contribution >= 0.6 is 0 Å². The smallest absolute Gasteiger partial charge is 0.302 e. The van der Waals surface area contributed by atoms with Crippen molar-refractivity contribution < 1.29 is 9.53 Å². The van der Waals surface area contributed by atoms with Gasteiger partial charge in [-0.05, 0) is 26.2 Å². The van der Waals surface area contributed by atoms with Gasteiger partial charge in [-0.25, -0.2) is 0 Å². The molecule has 0 N–H and O–H groups in total. The van der Waals surface area contributed by atoms with Crippen LogP contribution in [0.1, 0.15) is 52.4 Å². The van der Waals surface area contributed by atoms with E-state index in [1.54, 1.807) is 0 Å². The maximum absolute atomic E-state index is 10.4. The number of carbonyl (C=O) groups is 1. The van der Waals surface area contributed by atoms with Crippen LogP contribution in [-0.2, 0) is 9.53 Å². The van der Waals surface area contributed by atoms with Gasteiger partial charge in [0.15, 0.2) is 0 Å². The van der Waals surface area contributed by atoms with Gasteiger partial charge in [0.1, 0.15) is 0 Å². The maximum atomic E-state index is 10.4. The lowest BCUT2D eigenvalue weighted by molar-refractivity contribution is -0.141. The molecule has 0 atom stereocenters. The number of allylic oxidation sites excluding steroid dienone is 2. The second-order valence-electron chi connectivity index (χ2n) is 3.47. The van der Waals surface area contributed by atoms with Gasteiger partial charge in [0, 0.05) is 6.92 Å². The molecule has 0 unspecified atom stereocenters. The fraction of sp³-hybridized carbons (Fsp3) is 0.750. The summed E-state index contributed by atoms with van der Waals surface area (Å²) in [7, 11) is 0. The summed E-state index contributed by atoms with van der Waals surface area (Å²) in [5.74, 6) is -0.168. The molecule has 0 fully saturated rings. The molecule has 0 aromatic rings. The van der Waals surface area contributed by atoms with E-state index in [-0.39, 0.29) is 5.97 Å². The molecule has 0 aromatic carbocycles. The third-order valence-corrected chi connectivity index (χ3v) is 2.06. The number of hydrogen-bond donors (Lipinski definition) is 0. The number of ether oxygens (including phenoxy) is 1. The molecule has 14 heavy (non-hydrogen) atoms. The van der Waals surface area contributed by atoms with Crippen LogP contribution in [0.25, 0.3) is 0 Å². The highest BCUT2D eigenvalue weighted by atomic mass is 16.5. The Morgan fingerprint density at radius 2 is 1.79 bits per heavy atom. The monoisotopic (exact) mass is 198 g/mol. The van der Waals surface area contributed by atoms with E-state index in [1.165, 1.54) is 39.0 Å². The van der Waals surface area contributed by atoms with Crippen molar-refractivity contribution in [1.82, 2.24) is 0 Å². The predicted octanol–water partition coefficient (Wildman–Crippen LogP) is 3.47. The van der Waals surface area contributed by atoms with Crippen molar-refractivity contribution in [2.75, 3.05) is 6.61 Å². The van der Waals surface area contributed by atoms with Crippen molar-refractivity contribution >= 4 is 5.97 Å². The fourth-order valence-corrected chi connectivity index (χ4v) is 1.28. The maximum Gasteiger partial charge on any atom is 0.302 e. The van der Waals surface area contributed by atoms with Gasteiger partial charge in [0.2, 0.25) is 0 Å². The molecule has 2 heteroatoms. The summed E-state index contributed by atoms with van der Waals surface area (Å²) < 4.78 is 4.84. The molecule has 0 heterocycles. The molecule has 0 aromatic heterocycles. The van der Waals surface area contributed by atoms with Gasteiger partial charge >= 0.3 is 5.97 Å². The Kier molecular flexibility index (Phi) is 9.71. The number of esters is 1. The first kappa shape index (κ1) is 13.2. The molecule has 0 aliphatic carbocycles. The molecule has 0 rings (SSSR count). The Morgan fingerprint density at radius 3 is 2.43 bits per heavy atom. The van der Waals surface area contributed by atoms with E-state index in [2.05, 4.69) is 19.1 Å². The second-order valence-corrected chi connectivity index (χ2v) is 3.47. The molecule has 2 nitrogen and oxygen atoms in total. The molecule has 0 spiro atoms. The Labute approximate surface area is 87.3 Å². The average Bonchev–Trinajstić information content (AvgIpc) is 2.15. The Balaban J connectivity index is 2.95. The van der Waals surface area contributed by atoms with Crippen molar-refractivity contribution in [2.24, 2.45) is 0 Å². The standard InChI is InChI=1S/C12H22O2/c1-3-4-5-6-7-8-9-10-11-14-12(2)13/h3-4H,5-11H2,1-2H3/b4-3+. The van der Waals surface area contributed by atoms with Crippen LogP contribution in [0, 0.1) is 0 Å². The molecular formula is C12H22O2. The first-order valence-corrected chi connectivity index (χ1v) is 5.52. The highest BCUT2D eigenvalue weighted by Gasteiger charge is 1.93. The SMILES string of the molecule is C/C=C/CCCCCCCOC(C)=O. The van der Waals surface area contributed by atoms with Crippen molar-refractivity contribution in [3.63, 3.8) is 0 Å². The minimum atomic E-state index is -0.168. The fourth-order valence-electron chi connectivity index (χ4n) is 1.28. The quantitative estimate of drug-likeness (QED) is 0.339. The van der Waals surface area contributed by atoms with Gasteiger partial charge in [0.05, 0.1) is 6.61 Å². The summed E-state index contributed by atoms with van der Waals surface area (Å²) in [6, 6.07) is 0. The van der Waals surface area contributed by atoms with E-state index in [0.717, 1.165) is 6.42 Å². The second kappa shape index (κ2) is 10.3. The summed E-state index contributed by atoms with van der Waals surface area (Å²) in [5.41, 5.74) is 0. The van der Waals surface area contributed by atoms with Crippen molar-refractivity contribution in [3.8, 4) is 0 Å². The molecular weight excluding hydrogens is 176 g/mol. The van der Waals surface area contributed by atoms with Crippen molar-refractivity contribution in [3.05, 3.63) is 12.2 Å². The molecule has 0 aliphatic heterocycles. The Morgan fingerprint density at radius 1 is 1.14 bits per heavy atom. The molecule has 82 valence electrons. The normalized spacial score (nSPS) is 10.7. The molecule has 0 saturated heterocycles. The van der Waals surface area contributed by atoms with Crippen LogP contribution in [-0.4, -0.2) is 12.6 Å². The third-order valence-electron chi connectivity index (χ3n) is 2.06. The highest BCUT2D eigenvalue weighted by molar-refractivity contribution is 5.65. The van der Waals surface area contributed by atoms with E-state index in [9.17, 15) is 4.79 Å². The lowest BCUT2D eigenvalue weighted by Gasteiger charge is -2.01. The highest BCUT2D eigenvalue weighted by Crippen LogP contribution is 2.05. The van der Waals surface area contributed by atoms with Crippen LogP contribution in [0.15, 0.2) is 12.2 Å². The zero-order valence-corrected chi connectivity index (χ0v) is 9.42. The average molecular weight is 198 g/mol. The first-order chi connectivity index (χ1) is 6.77. The van der Waals surface area contributed by atoms with Crippen LogP contribution in [0.4, 0.5) is 0 Å². The molecule has 0 saturated carbocycles. The van der Waals surface area contributed by atoms with Crippen LogP contribution in [0.3, 0.4) is 0 Å². The van der Waals surface area contributed by atoms with E-state index < -0.39 is 0 Å². The topological polar surface area (TPSA) is 26.3 Å². The van der Waals surface area contributed by atoms with Gasteiger partial charge in [-0.3, -0.25) is 4.79 Å². The summed E-state index contributed by atoms with van der Waals surface area (Å²) in [4.78, 5) is 10.4. The van der Waals surface area contributed by atoms with Gasteiger partial charge in [-0.15, -0.1) is 0 Å². The van der Waals surface area contributed by atoms with E-state index in [1.807, 2.05) is 0 Å². The number of rotatable bonds is 8. The molecule has 0 radical (unpaired) electrons.